The number of aromatic nitrogens is 3. The summed E-state index contributed by atoms with van der Waals surface area (Å²) < 4.78 is 10.8. The monoisotopic (exact) mass is 369 g/mol. The summed E-state index contributed by atoms with van der Waals surface area (Å²) >= 11 is 0. The van der Waals surface area contributed by atoms with Crippen LogP contribution in [0.5, 0.6) is 5.88 Å². The zero-order valence-corrected chi connectivity index (χ0v) is 15.1. The number of hydrogen-bond donors (Lipinski definition) is 1. The first kappa shape index (κ1) is 17.7. The number of nitrogens with zero attached hydrogens (tertiary/aromatic N) is 4. The van der Waals surface area contributed by atoms with E-state index in [2.05, 4.69) is 20.2 Å². The van der Waals surface area contributed by atoms with Crippen LogP contribution in [0.3, 0.4) is 0 Å². The normalized spacial score (nSPS) is 19.3. The molecule has 8 nitrogen and oxygen atoms in total. The molecule has 2 aliphatic heterocycles. The van der Waals surface area contributed by atoms with Crippen molar-refractivity contribution in [1.29, 1.82) is 0 Å². The quantitative estimate of drug-likeness (QED) is 0.844. The van der Waals surface area contributed by atoms with Crippen molar-refractivity contribution in [3.63, 3.8) is 0 Å². The molecular weight excluding hydrogens is 346 g/mol. The van der Waals surface area contributed by atoms with E-state index in [1.165, 1.54) is 0 Å². The third-order valence-electron chi connectivity index (χ3n) is 4.74. The van der Waals surface area contributed by atoms with Gasteiger partial charge in [-0.05, 0) is 18.9 Å². The molecule has 0 unspecified atom stereocenters. The maximum atomic E-state index is 12.2. The van der Waals surface area contributed by atoms with Gasteiger partial charge in [0.05, 0.1) is 18.9 Å². The first-order valence-corrected chi connectivity index (χ1v) is 9.28. The van der Waals surface area contributed by atoms with Gasteiger partial charge in [-0.15, -0.1) is 0 Å². The van der Waals surface area contributed by atoms with Gasteiger partial charge < -0.3 is 19.7 Å². The van der Waals surface area contributed by atoms with Crippen LogP contribution in [0.1, 0.15) is 24.1 Å². The molecule has 8 heteroatoms. The molecule has 4 rings (SSSR count). The van der Waals surface area contributed by atoms with E-state index in [9.17, 15) is 4.79 Å². The van der Waals surface area contributed by atoms with Crippen LogP contribution in [0.25, 0.3) is 0 Å². The van der Waals surface area contributed by atoms with E-state index in [0.29, 0.717) is 25.6 Å². The standard InChI is InChI=1S/C19H23N5O3/c25-17(13-27-18-5-1-2-7-20-18)22-15-4-3-8-24(11-15)19-21-10-14-12-26-9-6-16(14)23-19/h1-2,5,7,10,15H,3-4,6,8-9,11-13H2,(H,22,25)/t15-/m1/s1. The minimum absolute atomic E-state index is 0.0388. The first-order valence-electron chi connectivity index (χ1n) is 9.28. The molecule has 2 aromatic rings. The second-order valence-corrected chi connectivity index (χ2v) is 6.75. The molecule has 0 bridgehead atoms. The predicted octanol–water partition coefficient (Wildman–Crippen LogP) is 1.11. The van der Waals surface area contributed by atoms with E-state index in [1.54, 1.807) is 18.3 Å². The lowest BCUT2D eigenvalue weighted by Crippen LogP contribution is -2.49. The molecule has 0 saturated carbocycles. The predicted molar refractivity (Wildman–Crippen MR) is 98.5 cm³/mol. The van der Waals surface area contributed by atoms with Crippen molar-refractivity contribution in [3.05, 3.63) is 41.9 Å². The Kier molecular flexibility index (Phi) is 5.43. The van der Waals surface area contributed by atoms with Crippen molar-refractivity contribution in [2.45, 2.75) is 31.9 Å². The molecule has 27 heavy (non-hydrogen) atoms. The maximum Gasteiger partial charge on any atom is 0.258 e. The molecule has 4 heterocycles. The molecule has 0 aliphatic carbocycles. The van der Waals surface area contributed by atoms with Crippen LogP contribution < -0.4 is 15.0 Å². The molecule has 1 saturated heterocycles. The van der Waals surface area contributed by atoms with E-state index in [1.807, 2.05) is 12.3 Å². The number of anilines is 1. The highest BCUT2D eigenvalue weighted by Crippen LogP contribution is 2.20. The molecule has 1 fully saturated rings. The summed E-state index contributed by atoms with van der Waals surface area (Å²) in [5.41, 5.74) is 2.14. The first-order chi connectivity index (χ1) is 13.3. The Bertz CT molecular complexity index is 786. The summed E-state index contributed by atoms with van der Waals surface area (Å²) in [4.78, 5) is 27.6. The van der Waals surface area contributed by atoms with Crippen LogP contribution in [0.15, 0.2) is 30.6 Å². The fourth-order valence-corrected chi connectivity index (χ4v) is 3.39. The number of hydrogen-bond acceptors (Lipinski definition) is 7. The molecule has 142 valence electrons. The third kappa shape index (κ3) is 4.51. The Balaban J connectivity index is 1.32. The van der Waals surface area contributed by atoms with Crippen LogP contribution >= 0.6 is 0 Å². The van der Waals surface area contributed by atoms with Crippen LogP contribution in [0.4, 0.5) is 5.95 Å². The zero-order valence-electron chi connectivity index (χ0n) is 15.1. The van der Waals surface area contributed by atoms with E-state index in [0.717, 1.165) is 43.0 Å². The second kappa shape index (κ2) is 8.30. The van der Waals surface area contributed by atoms with E-state index < -0.39 is 0 Å². The lowest BCUT2D eigenvalue weighted by atomic mass is 10.1. The van der Waals surface area contributed by atoms with Gasteiger partial charge in [0.25, 0.3) is 5.91 Å². The summed E-state index contributed by atoms with van der Waals surface area (Å²) in [5, 5.41) is 3.04. The second-order valence-electron chi connectivity index (χ2n) is 6.75. The molecule has 1 N–H and O–H groups in total. The minimum atomic E-state index is -0.143. The number of amides is 1. The minimum Gasteiger partial charge on any atom is -0.468 e. The van der Waals surface area contributed by atoms with Crippen LogP contribution in [0.2, 0.25) is 0 Å². The third-order valence-corrected chi connectivity index (χ3v) is 4.74. The molecule has 2 aliphatic rings. The lowest BCUT2D eigenvalue weighted by Gasteiger charge is -2.33. The largest absolute Gasteiger partial charge is 0.468 e. The number of piperidine rings is 1. The fourth-order valence-electron chi connectivity index (χ4n) is 3.39. The van der Waals surface area contributed by atoms with Crippen molar-refractivity contribution >= 4 is 11.9 Å². The van der Waals surface area contributed by atoms with Crippen LogP contribution in [-0.2, 0) is 22.6 Å². The zero-order chi connectivity index (χ0) is 18.5. The Labute approximate surface area is 157 Å². The number of fused-ring (bicyclic) bond motifs is 1. The van der Waals surface area contributed by atoms with E-state index >= 15 is 0 Å². The maximum absolute atomic E-state index is 12.2. The van der Waals surface area contributed by atoms with Gasteiger partial charge in [-0.1, -0.05) is 6.07 Å². The van der Waals surface area contributed by atoms with Crippen molar-refractivity contribution in [2.75, 3.05) is 31.2 Å². The van der Waals surface area contributed by atoms with Gasteiger partial charge in [-0.3, -0.25) is 4.79 Å². The highest BCUT2D eigenvalue weighted by atomic mass is 16.5. The molecule has 1 amide bonds. The summed E-state index contributed by atoms with van der Waals surface area (Å²) in [7, 11) is 0. The highest BCUT2D eigenvalue weighted by Gasteiger charge is 2.24. The average Bonchev–Trinajstić information content (AvgIpc) is 2.73. The SMILES string of the molecule is O=C(COc1ccccn1)N[C@@H]1CCCN(c2ncc3c(n2)CCOC3)C1. The number of carbonyl (C=O) groups is 1. The Morgan fingerprint density at radius 2 is 2.33 bits per heavy atom. The summed E-state index contributed by atoms with van der Waals surface area (Å²) in [5.74, 6) is 1.04. The van der Waals surface area contributed by atoms with Gasteiger partial charge in [0.15, 0.2) is 6.61 Å². The van der Waals surface area contributed by atoms with Gasteiger partial charge in [-0.25, -0.2) is 15.0 Å². The van der Waals surface area contributed by atoms with Gasteiger partial charge in [0.1, 0.15) is 0 Å². The highest BCUT2D eigenvalue weighted by molar-refractivity contribution is 5.77. The Morgan fingerprint density at radius 1 is 1.37 bits per heavy atom. The molecule has 0 aromatic carbocycles. The number of pyridine rings is 1. The van der Waals surface area contributed by atoms with Crippen LogP contribution in [-0.4, -0.2) is 53.2 Å². The summed E-state index contributed by atoms with van der Waals surface area (Å²) in [6.45, 7) is 2.85. The van der Waals surface area contributed by atoms with Crippen molar-refractivity contribution in [3.8, 4) is 5.88 Å². The molecule has 0 radical (unpaired) electrons. The average molecular weight is 369 g/mol. The van der Waals surface area contributed by atoms with Crippen molar-refractivity contribution < 1.29 is 14.3 Å². The summed E-state index contributed by atoms with van der Waals surface area (Å²) in [6.07, 6.45) is 6.24. The van der Waals surface area contributed by atoms with E-state index in [-0.39, 0.29) is 18.6 Å². The molecule has 1 atom stereocenters. The van der Waals surface area contributed by atoms with Crippen LogP contribution in [0, 0.1) is 0 Å². The smallest absolute Gasteiger partial charge is 0.258 e. The van der Waals surface area contributed by atoms with Gasteiger partial charge in [0.2, 0.25) is 11.8 Å². The van der Waals surface area contributed by atoms with Crippen molar-refractivity contribution in [1.82, 2.24) is 20.3 Å². The topological polar surface area (TPSA) is 89.5 Å². The Morgan fingerprint density at radius 3 is 3.22 bits per heavy atom. The number of carbonyl (C=O) groups excluding carboxylic acids is 1. The molecule has 0 spiro atoms. The van der Waals surface area contributed by atoms with Crippen molar-refractivity contribution in [2.24, 2.45) is 0 Å². The van der Waals surface area contributed by atoms with E-state index in [4.69, 9.17) is 14.5 Å². The molecular formula is C19H23N5O3. The number of ether oxygens (including phenoxy) is 2. The fraction of sp³-hybridized carbons (Fsp3) is 0.474. The van der Waals surface area contributed by atoms with Gasteiger partial charge in [-0.2, -0.15) is 0 Å². The number of rotatable bonds is 5. The lowest BCUT2D eigenvalue weighted by molar-refractivity contribution is -0.123. The molecule has 2 aromatic heterocycles. The Hall–Kier alpha value is -2.74. The van der Waals surface area contributed by atoms with Gasteiger partial charge in [0, 0.05) is 49.6 Å². The summed E-state index contributed by atoms with van der Waals surface area (Å²) in [6, 6.07) is 5.42. The van der Waals surface area contributed by atoms with Gasteiger partial charge >= 0.3 is 0 Å². The number of nitrogens with one attached hydrogen (secondary N) is 1.